The van der Waals surface area contributed by atoms with Gasteiger partial charge >= 0.3 is 0 Å². The van der Waals surface area contributed by atoms with Gasteiger partial charge in [0.15, 0.2) is 6.10 Å². The molecule has 112 valence electrons. The Kier molecular flexibility index (Phi) is 6.82. The molecular formula is C15H23ClN2O2. The average molecular weight is 299 g/mol. The smallest absolute Gasteiger partial charge is 0.260 e. The lowest BCUT2D eigenvalue weighted by Gasteiger charge is -2.18. The molecule has 0 aliphatic rings. The highest BCUT2D eigenvalue weighted by atomic mass is 35.5. The van der Waals surface area contributed by atoms with Gasteiger partial charge in [-0.15, -0.1) is 0 Å². The molecule has 0 saturated heterocycles. The van der Waals surface area contributed by atoms with E-state index in [0.717, 1.165) is 5.56 Å². The van der Waals surface area contributed by atoms with Gasteiger partial charge in [0.2, 0.25) is 0 Å². The summed E-state index contributed by atoms with van der Waals surface area (Å²) in [6.45, 7) is 7.13. The highest BCUT2D eigenvalue weighted by molar-refractivity contribution is 6.30. The molecule has 0 fully saturated rings. The molecule has 20 heavy (non-hydrogen) atoms. The van der Waals surface area contributed by atoms with E-state index in [1.165, 1.54) is 0 Å². The van der Waals surface area contributed by atoms with E-state index in [4.69, 9.17) is 16.3 Å². The van der Waals surface area contributed by atoms with E-state index < -0.39 is 6.10 Å². The Morgan fingerprint density at radius 1 is 1.35 bits per heavy atom. The molecule has 1 aromatic rings. The fraction of sp³-hybridized carbons (Fsp3) is 0.533. The maximum atomic E-state index is 11.9. The molecule has 4 nitrogen and oxygen atoms in total. The van der Waals surface area contributed by atoms with E-state index >= 15 is 0 Å². The van der Waals surface area contributed by atoms with Gasteiger partial charge in [0.1, 0.15) is 5.75 Å². The molecule has 0 spiro atoms. The third-order valence-corrected chi connectivity index (χ3v) is 2.98. The van der Waals surface area contributed by atoms with Crippen molar-refractivity contribution in [2.45, 2.75) is 33.4 Å². The van der Waals surface area contributed by atoms with Crippen molar-refractivity contribution in [1.29, 1.82) is 0 Å². The van der Waals surface area contributed by atoms with Crippen LogP contribution in [-0.4, -0.2) is 25.6 Å². The summed E-state index contributed by atoms with van der Waals surface area (Å²) < 4.78 is 5.74. The van der Waals surface area contributed by atoms with Crippen LogP contribution in [-0.2, 0) is 11.3 Å². The van der Waals surface area contributed by atoms with Crippen LogP contribution in [0.4, 0.5) is 0 Å². The number of halogens is 1. The molecule has 0 radical (unpaired) electrons. The van der Waals surface area contributed by atoms with Gasteiger partial charge in [-0.3, -0.25) is 4.79 Å². The van der Waals surface area contributed by atoms with Crippen LogP contribution < -0.4 is 15.4 Å². The molecule has 1 rings (SSSR count). The van der Waals surface area contributed by atoms with Crippen molar-refractivity contribution in [2.75, 3.05) is 13.6 Å². The highest BCUT2D eigenvalue weighted by Gasteiger charge is 2.16. The predicted octanol–water partition coefficient (Wildman–Crippen LogP) is 2.60. The van der Waals surface area contributed by atoms with Crippen LogP contribution in [0.25, 0.3) is 0 Å². The number of carbonyl (C=O) groups excluding carboxylic acids is 1. The first-order valence-corrected chi connectivity index (χ1v) is 7.19. The van der Waals surface area contributed by atoms with Gasteiger partial charge in [-0.2, -0.15) is 0 Å². The Balaban J connectivity index is 2.69. The largest absolute Gasteiger partial charge is 0.481 e. The van der Waals surface area contributed by atoms with Gasteiger partial charge in [-0.05, 0) is 38.1 Å². The zero-order valence-corrected chi connectivity index (χ0v) is 13.3. The Hall–Kier alpha value is -1.26. The fourth-order valence-electron chi connectivity index (χ4n) is 1.68. The van der Waals surface area contributed by atoms with Crippen LogP contribution in [0, 0.1) is 5.92 Å². The summed E-state index contributed by atoms with van der Waals surface area (Å²) in [5.74, 6) is 0.988. The SMILES string of the molecule is CNCc1cc(Cl)ccc1OC(C)C(=O)NCC(C)C. The number of rotatable bonds is 7. The number of hydrogen-bond donors (Lipinski definition) is 2. The molecule has 0 aromatic heterocycles. The summed E-state index contributed by atoms with van der Waals surface area (Å²) in [5, 5.41) is 6.57. The Morgan fingerprint density at radius 2 is 2.05 bits per heavy atom. The molecule has 0 saturated carbocycles. The normalized spacial score (nSPS) is 12.3. The second kappa shape index (κ2) is 8.12. The summed E-state index contributed by atoms with van der Waals surface area (Å²) in [4.78, 5) is 11.9. The predicted molar refractivity (Wildman–Crippen MR) is 82.2 cm³/mol. The maximum absolute atomic E-state index is 11.9. The lowest BCUT2D eigenvalue weighted by Crippen LogP contribution is -2.38. The second-order valence-electron chi connectivity index (χ2n) is 5.18. The number of nitrogens with one attached hydrogen (secondary N) is 2. The second-order valence-corrected chi connectivity index (χ2v) is 5.62. The average Bonchev–Trinajstić information content (AvgIpc) is 2.39. The number of amides is 1. The van der Waals surface area contributed by atoms with Crippen LogP contribution in [0.3, 0.4) is 0 Å². The van der Waals surface area contributed by atoms with E-state index in [1.807, 2.05) is 13.1 Å². The van der Waals surface area contributed by atoms with Crippen molar-refractivity contribution in [3.63, 3.8) is 0 Å². The van der Waals surface area contributed by atoms with Gasteiger partial charge in [0.25, 0.3) is 5.91 Å². The van der Waals surface area contributed by atoms with Crippen LogP contribution in [0.15, 0.2) is 18.2 Å². The number of benzene rings is 1. The molecule has 0 aliphatic carbocycles. The molecular weight excluding hydrogens is 276 g/mol. The fourth-order valence-corrected chi connectivity index (χ4v) is 1.88. The highest BCUT2D eigenvalue weighted by Crippen LogP contribution is 2.23. The Morgan fingerprint density at radius 3 is 2.65 bits per heavy atom. The van der Waals surface area contributed by atoms with Crippen molar-refractivity contribution >= 4 is 17.5 Å². The topological polar surface area (TPSA) is 50.4 Å². The van der Waals surface area contributed by atoms with Crippen molar-refractivity contribution < 1.29 is 9.53 Å². The van der Waals surface area contributed by atoms with E-state index in [2.05, 4.69) is 24.5 Å². The first-order valence-electron chi connectivity index (χ1n) is 6.81. The van der Waals surface area contributed by atoms with E-state index in [1.54, 1.807) is 19.1 Å². The lowest BCUT2D eigenvalue weighted by atomic mass is 10.2. The van der Waals surface area contributed by atoms with Gasteiger partial charge < -0.3 is 15.4 Å². The lowest BCUT2D eigenvalue weighted by molar-refractivity contribution is -0.127. The van der Waals surface area contributed by atoms with Crippen LogP contribution >= 0.6 is 11.6 Å². The molecule has 1 atom stereocenters. The number of ether oxygens (including phenoxy) is 1. The molecule has 2 N–H and O–H groups in total. The zero-order chi connectivity index (χ0) is 15.1. The van der Waals surface area contributed by atoms with Gasteiger partial charge in [0.05, 0.1) is 0 Å². The molecule has 1 aromatic carbocycles. The zero-order valence-electron chi connectivity index (χ0n) is 12.5. The summed E-state index contributed by atoms with van der Waals surface area (Å²) in [6.07, 6.45) is -0.537. The first kappa shape index (κ1) is 16.8. The van der Waals surface area contributed by atoms with Crippen molar-refractivity contribution in [3.8, 4) is 5.75 Å². The van der Waals surface area contributed by atoms with Gasteiger partial charge in [0, 0.05) is 23.7 Å². The number of hydrogen-bond acceptors (Lipinski definition) is 3. The van der Waals surface area contributed by atoms with Crippen LogP contribution in [0.5, 0.6) is 5.75 Å². The van der Waals surface area contributed by atoms with E-state index in [0.29, 0.717) is 29.8 Å². The monoisotopic (exact) mass is 298 g/mol. The van der Waals surface area contributed by atoms with Crippen molar-refractivity contribution in [1.82, 2.24) is 10.6 Å². The van der Waals surface area contributed by atoms with Crippen molar-refractivity contribution in [2.24, 2.45) is 5.92 Å². The minimum absolute atomic E-state index is 0.107. The standard InChI is InChI=1S/C15H23ClN2O2/c1-10(2)8-18-15(19)11(3)20-14-6-5-13(16)7-12(14)9-17-4/h5-7,10-11,17H,8-9H2,1-4H3,(H,18,19). The third kappa shape index (κ3) is 5.39. The van der Waals surface area contributed by atoms with Crippen molar-refractivity contribution in [3.05, 3.63) is 28.8 Å². The van der Waals surface area contributed by atoms with Crippen LogP contribution in [0.1, 0.15) is 26.3 Å². The molecule has 1 unspecified atom stereocenters. The molecule has 0 heterocycles. The first-order chi connectivity index (χ1) is 9.43. The van der Waals surface area contributed by atoms with E-state index in [9.17, 15) is 4.79 Å². The number of carbonyl (C=O) groups is 1. The molecule has 1 amide bonds. The van der Waals surface area contributed by atoms with Gasteiger partial charge in [-0.1, -0.05) is 25.4 Å². The summed E-state index contributed by atoms with van der Waals surface area (Å²) in [6, 6.07) is 5.39. The Bertz CT molecular complexity index is 449. The molecule has 0 aliphatic heterocycles. The minimum Gasteiger partial charge on any atom is -0.481 e. The summed E-state index contributed by atoms with van der Waals surface area (Å²) >= 11 is 5.97. The quantitative estimate of drug-likeness (QED) is 0.813. The third-order valence-electron chi connectivity index (χ3n) is 2.75. The van der Waals surface area contributed by atoms with Crippen LogP contribution in [0.2, 0.25) is 5.02 Å². The summed E-state index contributed by atoms with van der Waals surface area (Å²) in [5.41, 5.74) is 0.934. The molecule has 5 heteroatoms. The summed E-state index contributed by atoms with van der Waals surface area (Å²) in [7, 11) is 1.85. The molecule has 0 bridgehead atoms. The Labute approximate surface area is 125 Å². The maximum Gasteiger partial charge on any atom is 0.260 e. The van der Waals surface area contributed by atoms with E-state index in [-0.39, 0.29) is 5.91 Å². The van der Waals surface area contributed by atoms with Gasteiger partial charge in [-0.25, -0.2) is 0 Å². The minimum atomic E-state index is -0.537.